The van der Waals surface area contributed by atoms with Crippen LogP contribution in [0.4, 0.5) is 0 Å². The summed E-state index contributed by atoms with van der Waals surface area (Å²) in [6, 6.07) is 0.767. The molecule has 0 radical (unpaired) electrons. The second kappa shape index (κ2) is 6.31. The maximum Gasteiger partial charge on any atom is 0.347 e. The van der Waals surface area contributed by atoms with Crippen molar-refractivity contribution in [3.8, 4) is 0 Å². The summed E-state index contributed by atoms with van der Waals surface area (Å²) in [4.78, 5) is 40.0. The second-order valence-electron chi connectivity index (χ2n) is 4.82. The van der Waals surface area contributed by atoms with Crippen LogP contribution in [0.25, 0.3) is 0 Å². The lowest BCUT2D eigenvalue weighted by molar-refractivity contribution is -0.150. The van der Waals surface area contributed by atoms with Crippen LogP contribution in [0.3, 0.4) is 0 Å². The molecule has 0 aromatic carbocycles. The fraction of sp³-hybridized carbons (Fsp3) is 0.538. The van der Waals surface area contributed by atoms with Gasteiger partial charge in [0.2, 0.25) is 5.91 Å². The van der Waals surface area contributed by atoms with Crippen LogP contribution in [0.1, 0.15) is 25.7 Å². The number of carboxylic acid groups (broad SMARTS) is 1. The SMILES string of the molecule is O=C(O)C1CCCCCN1C(=O)Cn1cccnc1=O. The van der Waals surface area contributed by atoms with E-state index in [1.807, 2.05) is 0 Å². The lowest BCUT2D eigenvalue weighted by atomic mass is 10.1. The number of carbonyl (C=O) groups is 2. The summed E-state index contributed by atoms with van der Waals surface area (Å²) in [5.74, 6) is -1.34. The molecule has 1 aromatic rings. The molecule has 1 aliphatic heterocycles. The summed E-state index contributed by atoms with van der Waals surface area (Å²) < 4.78 is 1.19. The molecule has 1 unspecified atom stereocenters. The van der Waals surface area contributed by atoms with Gasteiger partial charge in [0.25, 0.3) is 0 Å². The predicted molar refractivity (Wildman–Crippen MR) is 70.1 cm³/mol. The summed E-state index contributed by atoms with van der Waals surface area (Å²) in [6.07, 6.45) is 5.80. The monoisotopic (exact) mass is 279 g/mol. The van der Waals surface area contributed by atoms with Crippen LogP contribution < -0.4 is 5.69 Å². The molecular weight excluding hydrogens is 262 g/mol. The first-order chi connectivity index (χ1) is 9.59. The highest BCUT2D eigenvalue weighted by Gasteiger charge is 2.30. The first kappa shape index (κ1) is 14.2. The van der Waals surface area contributed by atoms with Crippen LogP contribution in [0, 0.1) is 0 Å². The van der Waals surface area contributed by atoms with Crippen LogP contribution in [-0.4, -0.2) is 44.0 Å². The Morgan fingerprint density at radius 1 is 1.35 bits per heavy atom. The van der Waals surface area contributed by atoms with Crippen LogP contribution in [0.15, 0.2) is 23.3 Å². The van der Waals surface area contributed by atoms with Gasteiger partial charge in [0.15, 0.2) is 0 Å². The lowest BCUT2D eigenvalue weighted by Gasteiger charge is -2.27. The summed E-state index contributed by atoms with van der Waals surface area (Å²) in [7, 11) is 0. The number of rotatable bonds is 3. The molecule has 0 bridgehead atoms. The first-order valence-electron chi connectivity index (χ1n) is 6.63. The summed E-state index contributed by atoms with van der Waals surface area (Å²) in [6.45, 7) is 0.251. The van der Waals surface area contributed by atoms with Crippen molar-refractivity contribution < 1.29 is 14.7 Å². The fourth-order valence-corrected chi connectivity index (χ4v) is 2.41. The zero-order valence-corrected chi connectivity index (χ0v) is 11.1. The number of hydrogen-bond acceptors (Lipinski definition) is 4. The van der Waals surface area contributed by atoms with E-state index in [0.717, 1.165) is 19.3 Å². The highest BCUT2D eigenvalue weighted by Crippen LogP contribution is 2.17. The highest BCUT2D eigenvalue weighted by atomic mass is 16.4. The van der Waals surface area contributed by atoms with Crippen LogP contribution in [-0.2, 0) is 16.1 Å². The molecule has 0 spiro atoms. The Bertz CT molecular complexity index is 555. The van der Waals surface area contributed by atoms with E-state index < -0.39 is 17.7 Å². The molecule has 1 fully saturated rings. The molecule has 0 saturated carbocycles. The average molecular weight is 279 g/mol. The fourth-order valence-electron chi connectivity index (χ4n) is 2.41. The molecule has 108 valence electrons. The Kier molecular flexibility index (Phi) is 4.49. The molecule has 20 heavy (non-hydrogen) atoms. The van der Waals surface area contributed by atoms with Gasteiger partial charge in [-0.05, 0) is 18.9 Å². The van der Waals surface area contributed by atoms with E-state index in [2.05, 4.69) is 4.98 Å². The zero-order valence-electron chi connectivity index (χ0n) is 11.1. The minimum Gasteiger partial charge on any atom is -0.480 e. The number of likely N-dealkylation sites (tertiary alicyclic amines) is 1. The summed E-state index contributed by atoms with van der Waals surface area (Å²) in [5, 5.41) is 9.23. The van der Waals surface area contributed by atoms with Crippen molar-refractivity contribution in [1.29, 1.82) is 0 Å². The molecule has 1 aromatic heterocycles. The van der Waals surface area contributed by atoms with E-state index in [4.69, 9.17) is 0 Å². The van der Waals surface area contributed by atoms with Crippen molar-refractivity contribution in [2.24, 2.45) is 0 Å². The molecule has 2 rings (SSSR count). The largest absolute Gasteiger partial charge is 0.480 e. The number of hydrogen-bond donors (Lipinski definition) is 1. The Morgan fingerprint density at radius 2 is 2.15 bits per heavy atom. The second-order valence-corrected chi connectivity index (χ2v) is 4.82. The smallest absolute Gasteiger partial charge is 0.347 e. The molecule has 1 aliphatic rings. The van der Waals surface area contributed by atoms with Gasteiger partial charge in [-0.3, -0.25) is 9.36 Å². The third-order valence-electron chi connectivity index (χ3n) is 3.45. The molecule has 1 amide bonds. The molecule has 7 nitrogen and oxygen atoms in total. The number of aromatic nitrogens is 2. The third kappa shape index (κ3) is 3.23. The van der Waals surface area contributed by atoms with Crippen molar-refractivity contribution in [1.82, 2.24) is 14.5 Å². The molecule has 1 N–H and O–H groups in total. The number of carboxylic acids is 1. The zero-order chi connectivity index (χ0) is 14.5. The molecule has 1 saturated heterocycles. The Morgan fingerprint density at radius 3 is 2.85 bits per heavy atom. The first-order valence-corrected chi connectivity index (χ1v) is 6.63. The van der Waals surface area contributed by atoms with Crippen LogP contribution in [0.2, 0.25) is 0 Å². The van der Waals surface area contributed by atoms with E-state index in [-0.39, 0.29) is 12.5 Å². The molecule has 7 heteroatoms. The number of carbonyl (C=O) groups excluding carboxylic acids is 1. The topological polar surface area (TPSA) is 92.5 Å². The van der Waals surface area contributed by atoms with Gasteiger partial charge in [0, 0.05) is 18.9 Å². The van der Waals surface area contributed by atoms with Crippen molar-refractivity contribution in [3.63, 3.8) is 0 Å². The van der Waals surface area contributed by atoms with E-state index in [1.165, 1.54) is 21.9 Å². The van der Waals surface area contributed by atoms with E-state index >= 15 is 0 Å². The number of aliphatic carboxylic acids is 1. The maximum absolute atomic E-state index is 12.3. The summed E-state index contributed by atoms with van der Waals surface area (Å²) >= 11 is 0. The van der Waals surface area contributed by atoms with Crippen molar-refractivity contribution >= 4 is 11.9 Å². The maximum atomic E-state index is 12.3. The van der Waals surface area contributed by atoms with Gasteiger partial charge >= 0.3 is 11.7 Å². The predicted octanol–water partition coefficient (Wildman–Crippen LogP) is 0.0991. The van der Waals surface area contributed by atoms with Gasteiger partial charge in [-0.2, -0.15) is 0 Å². The van der Waals surface area contributed by atoms with Crippen molar-refractivity contribution in [3.05, 3.63) is 28.9 Å². The molecule has 1 atom stereocenters. The van der Waals surface area contributed by atoms with Crippen LogP contribution in [0.5, 0.6) is 0 Å². The Balaban J connectivity index is 2.15. The minimum atomic E-state index is -0.987. The summed E-state index contributed by atoms with van der Waals surface area (Å²) in [5.41, 5.74) is -0.512. The minimum absolute atomic E-state index is 0.170. The Labute approximate surface area is 115 Å². The van der Waals surface area contributed by atoms with Gasteiger partial charge in [-0.25, -0.2) is 14.6 Å². The van der Waals surface area contributed by atoms with E-state index in [0.29, 0.717) is 13.0 Å². The van der Waals surface area contributed by atoms with Crippen LogP contribution >= 0.6 is 0 Å². The molecular formula is C13H17N3O4. The quantitative estimate of drug-likeness (QED) is 0.847. The normalized spacial score (nSPS) is 19.4. The molecule has 0 aliphatic carbocycles. The van der Waals surface area contributed by atoms with Crippen molar-refractivity contribution in [2.75, 3.05) is 6.54 Å². The standard InChI is InChI=1S/C13H17N3O4/c17-11(9-15-7-4-6-14-13(15)20)16-8-3-1-2-5-10(16)12(18)19/h4,6-7,10H,1-3,5,8-9H2,(H,18,19). The third-order valence-corrected chi connectivity index (χ3v) is 3.45. The number of nitrogens with zero attached hydrogens (tertiary/aromatic N) is 3. The number of amides is 1. The van der Waals surface area contributed by atoms with Crippen molar-refractivity contribution in [2.45, 2.75) is 38.3 Å². The van der Waals surface area contributed by atoms with Gasteiger partial charge in [-0.1, -0.05) is 12.8 Å². The average Bonchev–Trinajstić information content (AvgIpc) is 2.67. The van der Waals surface area contributed by atoms with Gasteiger partial charge in [0.05, 0.1) is 0 Å². The Hall–Kier alpha value is -2.18. The van der Waals surface area contributed by atoms with Gasteiger partial charge in [-0.15, -0.1) is 0 Å². The molecule has 2 heterocycles. The van der Waals surface area contributed by atoms with Gasteiger partial charge in [0.1, 0.15) is 12.6 Å². The van der Waals surface area contributed by atoms with E-state index in [1.54, 1.807) is 6.07 Å². The highest BCUT2D eigenvalue weighted by molar-refractivity contribution is 5.83. The van der Waals surface area contributed by atoms with Gasteiger partial charge < -0.3 is 10.0 Å². The lowest BCUT2D eigenvalue weighted by Crippen LogP contribution is -2.46. The van der Waals surface area contributed by atoms with E-state index in [9.17, 15) is 19.5 Å².